The third kappa shape index (κ3) is 7.94. The number of nitrogens with two attached hydrogens (primary N) is 2. The Balaban J connectivity index is 0.000000172. The quantitative estimate of drug-likeness (QED) is 0.122. The number of nitrogens with zero attached hydrogens (tertiary/aromatic N) is 6. The Hall–Kier alpha value is -6.58. The highest BCUT2D eigenvalue weighted by Crippen LogP contribution is 2.37. The molecule has 0 radical (unpaired) electrons. The summed E-state index contributed by atoms with van der Waals surface area (Å²) in [6.07, 6.45) is 6.52. The van der Waals surface area contributed by atoms with Crippen molar-refractivity contribution in [2.24, 2.45) is 11.8 Å². The van der Waals surface area contributed by atoms with Gasteiger partial charge >= 0.3 is 0 Å². The number of halogens is 2. The molecule has 0 bridgehead atoms. The van der Waals surface area contributed by atoms with Crippen molar-refractivity contribution in [2.45, 2.75) is 51.9 Å². The molecule has 56 heavy (non-hydrogen) atoms. The number of aromatic nitrogens is 6. The van der Waals surface area contributed by atoms with E-state index in [0.717, 1.165) is 45.9 Å². The van der Waals surface area contributed by atoms with E-state index >= 15 is 0 Å². The van der Waals surface area contributed by atoms with Crippen LogP contribution in [0.3, 0.4) is 0 Å². The number of fused-ring (bicyclic) bond motifs is 2. The Morgan fingerprint density at radius 3 is 1.39 bits per heavy atom. The van der Waals surface area contributed by atoms with E-state index in [-0.39, 0.29) is 24.7 Å². The molecular weight excluding hydrogens is 723 g/mol. The predicted molar refractivity (Wildman–Crippen MR) is 209 cm³/mol. The number of anilines is 4. The first-order valence-electron chi connectivity index (χ1n) is 18.1. The number of amides is 2. The van der Waals surface area contributed by atoms with Crippen LogP contribution in [0.15, 0.2) is 61.2 Å². The SMILES string of the molecule is CCc1cc(OC)ncc1-c1cc2cc(NC(=O)C3CC3F)ncc2c(N)n1.CCc1cc(OC)ncc1-c1cc2cc(NC(=O)[C@@H]3C[C@@H]3F)ncc2c(N)n1. The molecule has 16 heteroatoms. The number of rotatable bonds is 10. The van der Waals surface area contributed by atoms with Gasteiger partial charge in [0.05, 0.1) is 37.4 Å². The van der Waals surface area contributed by atoms with Crippen molar-refractivity contribution in [2.75, 3.05) is 36.3 Å². The molecule has 2 aliphatic rings. The third-order valence-corrected chi connectivity index (χ3v) is 9.75. The number of alkyl halides is 2. The van der Waals surface area contributed by atoms with Crippen molar-refractivity contribution >= 4 is 56.6 Å². The number of nitrogens with one attached hydrogen (secondary N) is 2. The van der Waals surface area contributed by atoms with Gasteiger partial charge in [-0.15, -0.1) is 0 Å². The number of methoxy groups -OCH3 is 2. The molecule has 2 saturated carbocycles. The highest BCUT2D eigenvalue weighted by molar-refractivity contribution is 6.00. The van der Waals surface area contributed by atoms with Gasteiger partial charge in [0.2, 0.25) is 23.6 Å². The fraction of sp³-hybridized carbons (Fsp3) is 0.300. The minimum atomic E-state index is -1.05. The first kappa shape index (κ1) is 37.7. The van der Waals surface area contributed by atoms with Gasteiger partial charge in [0.25, 0.3) is 0 Å². The molecule has 0 aliphatic heterocycles. The van der Waals surface area contributed by atoms with Crippen molar-refractivity contribution < 1.29 is 27.8 Å². The summed E-state index contributed by atoms with van der Waals surface area (Å²) in [6.45, 7) is 4.08. The first-order valence-corrected chi connectivity index (χ1v) is 18.1. The number of carbonyl (C=O) groups is 2. The van der Waals surface area contributed by atoms with Crippen molar-refractivity contribution in [3.8, 4) is 34.3 Å². The lowest BCUT2D eigenvalue weighted by Crippen LogP contribution is -2.15. The van der Waals surface area contributed by atoms with E-state index in [4.69, 9.17) is 20.9 Å². The van der Waals surface area contributed by atoms with Crippen molar-refractivity contribution in [1.82, 2.24) is 29.9 Å². The van der Waals surface area contributed by atoms with Crippen LogP contribution < -0.4 is 31.6 Å². The lowest BCUT2D eigenvalue weighted by molar-refractivity contribution is -0.118. The highest BCUT2D eigenvalue weighted by atomic mass is 19.1. The minimum absolute atomic E-state index is 0.269. The molecule has 6 aromatic heterocycles. The zero-order valence-electron chi connectivity index (χ0n) is 31.1. The van der Waals surface area contributed by atoms with Gasteiger partial charge in [-0.2, -0.15) is 0 Å². The molecule has 4 atom stereocenters. The van der Waals surface area contributed by atoms with Gasteiger partial charge in [0.15, 0.2) is 0 Å². The second-order valence-electron chi connectivity index (χ2n) is 13.5. The standard InChI is InChI=1S/2C20H20FN5O2/c2*1-3-10-6-18(28-2)24-8-13(10)16-4-11-5-17(23-9-14(11)19(22)25-16)26-20(27)12-7-15(12)21/h2*4-6,8-9,12,15H,3,7H2,1-2H3,(H2,22,25)(H,23,26,27)/t12-,15+;/m1./s1. The van der Waals surface area contributed by atoms with Crippen LogP contribution in [0.4, 0.5) is 32.1 Å². The minimum Gasteiger partial charge on any atom is -0.481 e. The summed E-state index contributed by atoms with van der Waals surface area (Å²) in [6, 6.07) is 10.9. The van der Waals surface area contributed by atoms with Crippen molar-refractivity contribution in [1.29, 1.82) is 0 Å². The molecule has 6 N–H and O–H groups in total. The maximum atomic E-state index is 13.1. The van der Waals surface area contributed by atoms with Crippen LogP contribution >= 0.6 is 0 Å². The smallest absolute Gasteiger partial charge is 0.231 e. The Bertz CT molecular complexity index is 2310. The van der Waals surface area contributed by atoms with Gasteiger partial charge in [-0.3, -0.25) is 9.59 Å². The van der Waals surface area contributed by atoms with E-state index in [1.54, 1.807) is 51.1 Å². The summed E-state index contributed by atoms with van der Waals surface area (Å²) in [5.74, 6) is 0.603. The molecule has 288 valence electrons. The van der Waals surface area contributed by atoms with Gasteiger partial charge in [-0.25, -0.2) is 38.7 Å². The van der Waals surface area contributed by atoms with Crippen LogP contribution in [0, 0.1) is 11.8 Å². The summed E-state index contributed by atoms with van der Waals surface area (Å²) >= 11 is 0. The van der Waals surface area contributed by atoms with Crippen molar-refractivity contribution in [3.05, 3.63) is 72.3 Å². The van der Waals surface area contributed by atoms with E-state index in [1.165, 1.54) is 0 Å². The fourth-order valence-electron chi connectivity index (χ4n) is 6.29. The van der Waals surface area contributed by atoms with E-state index < -0.39 is 24.2 Å². The normalized spacial score (nSPS) is 18.1. The Kier molecular flexibility index (Phi) is 10.5. The topological polar surface area (TPSA) is 206 Å². The highest BCUT2D eigenvalue weighted by Gasteiger charge is 2.44. The van der Waals surface area contributed by atoms with Gasteiger partial charge in [-0.05, 0) is 71.8 Å². The average Bonchev–Trinajstić information content (AvgIpc) is 4.13. The molecule has 0 saturated heterocycles. The third-order valence-electron chi connectivity index (χ3n) is 9.75. The van der Waals surface area contributed by atoms with Crippen LogP contribution in [0.25, 0.3) is 44.1 Å². The summed E-state index contributed by atoms with van der Waals surface area (Å²) in [4.78, 5) is 49.9. The second-order valence-corrected chi connectivity index (χ2v) is 13.5. The molecule has 0 aromatic carbocycles. The number of hydrogen-bond donors (Lipinski definition) is 4. The molecule has 2 fully saturated rings. The largest absolute Gasteiger partial charge is 0.481 e. The maximum Gasteiger partial charge on any atom is 0.231 e. The number of carbonyl (C=O) groups excluding carboxylic acids is 2. The second kappa shape index (κ2) is 15.6. The number of aryl methyl sites for hydroxylation is 2. The molecule has 0 spiro atoms. The number of nitrogen functional groups attached to an aromatic ring is 2. The van der Waals surface area contributed by atoms with E-state index in [0.29, 0.717) is 57.2 Å². The van der Waals surface area contributed by atoms with E-state index in [2.05, 4.69) is 40.5 Å². The maximum absolute atomic E-state index is 13.1. The molecule has 8 rings (SSSR count). The molecule has 6 heterocycles. The van der Waals surface area contributed by atoms with Crippen LogP contribution in [0.1, 0.15) is 37.8 Å². The molecule has 6 aromatic rings. The van der Waals surface area contributed by atoms with Gasteiger partial charge in [-0.1, -0.05) is 13.8 Å². The number of pyridine rings is 6. The van der Waals surface area contributed by atoms with Gasteiger partial charge in [0, 0.05) is 58.8 Å². The van der Waals surface area contributed by atoms with Crippen LogP contribution in [-0.4, -0.2) is 68.3 Å². The molecule has 2 aliphatic carbocycles. The average molecular weight is 763 g/mol. The zero-order chi connectivity index (χ0) is 39.7. The lowest BCUT2D eigenvalue weighted by atomic mass is 10.0. The summed E-state index contributed by atoms with van der Waals surface area (Å²) in [5.41, 5.74) is 17.4. The Labute approximate surface area is 320 Å². The van der Waals surface area contributed by atoms with Crippen LogP contribution in [0.5, 0.6) is 11.8 Å². The zero-order valence-corrected chi connectivity index (χ0v) is 31.1. The summed E-state index contributed by atoms with van der Waals surface area (Å²) in [7, 11) is 3.15. The molecule has 14 nitrogen and oxygen atoms in total. The van der Waals surface area contributed by atoms with Crippen LogP contribution in [0.2, 0.25) is 0 Å². The lowest BCUT2D eigenvalue weighted by Gasteiger charge is -2.12. The van der Waals surface area contributed by atoms with Gasteiger partial charge < -0.3 is 31.6 Å². The van der Waals surface area contributed by atoms with Crippen molar-refractivity contribution in [3.63, 3.8) is 0 Å². The van der Waals surface area contributed by atoms with E-state index in [9.17, 15) is 18.4 Å². The van der Waals surface area contributed by atoms with E-state index in [1.807, 2.05) is 38.1 Å². The van der Waals surface area contributed by atoms with Crippen LogP contribution in [-0.2, 0) is 22.4 Å². The fourth-order valence-corrected chi connectivity index (χ4v) is 6.29. The summed E-state index contributed by atoms with van der Waals surface area (Å²) < 4.78 is 36.5. The molecular formula is C40H40F2N10O4. The number of hydrogen-bond acceptors (Lipinski definition) is 12. The monoisotopic (exact) mass is 762 g/mol. The summed E-state index contributed by atoms with van der Waals surface area (Å²) in [5, 5.41) is 8.23. The molecule has 2 amide bonds. The first-order chi connectivity index (χ1) is 27.0. The Morgan fingerprint density at radius 1 is 0.661 bits per heavy atom. The Morgan fingerprint density at radius 2 is 1.05 bits per heavy atom. The van der Waals surface area contributed by atoms with Gasteiger partial charge in [0.1, 0.15) is 35.6 Å². The number of ether oxygens (including phenoxy) is 2. The predicted octanol–water partition coefficient (Wildman–Crippen LogP) is 6.28. The molecule has 2 unspecified atom stereocenters.